The number of nitrogens with zero attached hydrogens (tertiary/aromatic N) is 1. The number of carbonyl (C=O) groups is 1. The predicted octanol–water partition coefficient (Wildman–Crippen LogP) is 1.79. The third-order valence-electron chi connectivity index (χ3n) is 2.98. The summed E-state index contributed by atoms with van der Waals surface area (Å²) >= 11 is 0. The SMILES string of the molecule is N=C(NC(=O)NC(c1ccccc1)c1ccccc1)N[N+](=O)[O-]. The van der Waals surface area contributed by atoms with Crippen LogP contribution in [0.2, 0.25) is 0 Å². The highest BCUT2D eigenvalue weighted by Gasteiger charge is 2.17. The van der Waals surface area contributed by atoms with E-state index < -0.39 is 23.1 Å². The van der Waals surface area contributed by atoms with Gasteiger partial charge in [-0.05, 0) is 11.1 Å². The van der Waals surface area contributed by atoms with E-state index >= 15 is 0 Å². The Bertz CT molecular complexity index is 651. The smallest absolute Gasteiger partial charge is 0.322 e. The van der Waals surface area contributed by atoms with E-state index in [1.165, 1.54) is 0 Å². The molecule has 118 valence electrons. The van der Waals surface area contributed by atoms with Gasteiger partial charge in [-0.1, -0.05) is 66.1 Å². The number of nitrogens with one attached hydrogen (secondary N) is 4. The van der Waals surface area contributed by atoms with Crippen molar-refractivity contribution in [2.24, 2.45) is 0 Å². The van der Waals surface area contributed by atoms with Crippen molar-refractivity contribution in [2.45, 2.75) is 6.04 Å². The highest BCUT2D eigenvalue weighted by molar-refractivity contribution is 5.94. The summed E-state index contributed by atoms with van der Waals surface area (Å²) in [5, 5.41) is 21.4. The number of nitro groups is 1. The van der Waals surface area contributed by atoms with E-state index in [1.54, 1.807) is 5.43 Å². The van der Waals surface area contributed by atoms with Crippen LogP contribution >= 0.6 is 0 Å². The van der Waals surface area contributed by atoms with Gasteiger partial charge in [0.2, 0.25) is 0 Å². The number of hydrogen-bond acceptors (Lipinski definition) is 4. The number of urea groups is 1. The summed E-state index contributed by atoms with van der Waals surface area (Å²) in [7, 11) is 0. The van der Waals surface area contributed by atoms with Crippen LogP contribution in [0.5, 0.6) is 0 Å². The van der Waals surface area contributed by atoms with Gasteiger partial charge in [0.05, 0.1) is 6.04 Å². The van der Waals surface area contributed by atoms with Crippen LogP contribution < -0.4 is 16.1 Å². The van der Waals surface area contributed by atoms with Gasteiger partial charge in [0.15, 0.2) is 5.03 Å². The number of rotatable bonds is 4. The van der Waals surface area contributed by atoms with Crippen molar-refractivity contribution in [1.29, 1.82) is 5.41 Å². The van der Waals surface area contributed by atoms with Crippen LogP contribution in [-0.4, -0.2) is 17.0 Å². The summed E-state index contributed by atoms with van der Waals surface area (Å²) in [6.45, 7) is 0. The van der Waals surface area contributed by atoms with Crippen molar-refractivity contribution in [1.82, 2.24) is 16.1 Å². The minimum Gasteiger partial charge on any atom is -0.327 e. The molecular weight excluding hydrogens is 298 g/mol. The lowest BCUT2D eigenvalue weighted by Gasteiger charge is -2.20. The average molecular weight is 313 g/mol. The highest BCUT2D eigenvalue weighted by Crippen LogP contribution is 2.21. The molecule has 0 aliphatic heterocycles. The first-order valence-electron chi connectivity index (χ1n) is 6.73. The van der Waals surface area contributed by atoms with Crippen molar-refractivity contribution in [3.05, 3.63) is 81.9 Å². The third-order valence-corrected chi connectivity index (χ3v) is 2.98. The molecule has 2 rings (SSSR count). The van der Waals surface area contributed by atoms with Gasteiger partial charge in [-0.2, -0.15) is 0 Å². The van der Waals surface area contributed by atoms with E-state index in [9.17, 15) is 14.9 Å². The quantitative estimate of drug-likeness (QED) is 0.297. The molecule has 0 bridgehead atoms. The molecule has 4 N–H and O–H groups in total. The predicted molar refractivity (Wildman–Crippen MR) is 84.3 cm³/mol. The molecule has 2 amide bonds. The molecule has 2 aromatic carbocycles. The maximum Gasteiger partial charge on any atom is 0.322 e. The van der Waals surface area contributed by atoms with E-state index in [-0.39, 0.29) is 0 Å². The zero-order valence-electron chi connectivity index (χ0n) is 12.0. The van der Waals surface area contributed by atoms with Crippen molar-refractivity contribution in [3.63, 3.8) is 0 Å². The normalized spacial score (nSPS) is 9.96. The van der Waals surface area contributed by atoms with Gasteiger partial charge < -0.3 is 5.32 Å². The number of guanidine groups is 1. The Hall–Kier alpha value is -3.42. The molecule has 2 aromatic rings. The summed E-state index contributed by atoms with van der Waals surface area (Å²) < 4.78 is 0. The van der Waals surface area contributed by atoms with Crippen LogP contribution in [0, 0.1) is 15.5 Å². The Labute approximate surface area is 132 Å². The Morgan fingerprint density at radius 2 is 1.48 bits per heavy atom. The summed E-state index contributed by atoms with van der Waals surface area (Å²) in [4.78, 5) is 22.2. The van der Waals surface area contributed by atoms with Gasteiger partial charge in [-0.15, -0.1) is 0 Å². The van der Waals surface area contributed by atoms with Crippen LogP contribution in [0.4, 0.5) is 4.79 Å². The molecule has 0 spiro atoms. The Balaban J connectivity index is 2.14. The Morgan fingerprint density at radius 1 is 1.00 bits per heavy atom. The fourth-order valence-electron chi connectivity index (χ4n) is 2.05. The number of hydrazine groups is 1. The highest BCUT2D eigenvalue weighted by atomic mass is 16.7. The summed E-state index contributed by atoms with van der Waals surface area (Å²) in [5.41, 5.74) is 3.26. The lowest BCUT2D eigenvalue weighted by Crippen LogP contribution is -2.48. The molecule has 0 aliphatic carbocycles. The van der Waals surface area contributed by atoms with Gasteiger partial charge in [0.25, 0.3) is 5.96 Å². The molecule has 0 saturated carbocycles. The van der Waals surface area contributed by atoms with Gasteiger partial charge in [-0.3, -0.25) is 10.7 Å². The minimum absolute atomic E-state index is 0.444. The Morgan fingerprint density at radius 3 is 1.91 bits per heavy atom. The van der Waals surface area contributed by atoms with Gasteiger partial charge in [0, 0.05) is 0 Å². The largest absolute Gasteiger partial charge is 0.327 e. The van der Waals surface area contributed by atoms with Crippen LogP contribution in [0.15, 0.2) is 60.7 Å². The van der Waals surface area contributed by atoms with E-state index in [2.05, 4.69) is 10.6 Å². The van der Waals surface area contributed by atoms with Gasteiger partial charge in [0.1, 0.15) is 0 Å². The average Bonchev–Trinajstić information content (AvgIpc) is 2.53. The first-order chi connectivity index (χ1) is 11.1. The monoisotopic (exact) mass is 313 g/mol. The summed E-state index contributed by atoms with van der Waals surface area (Å²) in [5.74, 6) is -0.715. The van der Waals surface area contributed by atoms with Gasteiger partial charge in [-0.25, -0.2) is 14.9 Å². The fraction of sp³-hybridized carbons (Fsp3) is 0.0667. The summed E-state index contributed by atoms with van der Waals surface area (Å²) in [6.07, 6.45) is 0. The van der Waals surface area contributed by atoms with E-state index in [0.29, 0.717) is 0 Å². The van der Waals surface area contributed by atoms with Crippen molar-refractivity contribution in [3.8, 4) is 0 Å². The minimum atomic E-state index is -0.922. The molecule has 0 aliphatic rings. The molecular formula is C15H15N5O3. The number of hydrogen-bond donors (Lipinski definition) is 4. The molecule has 0 saturated heterocycles. The molecule has 8 nitrogen and oxygen atoms in total. The van der Waals surface area contributed by atoms with Crippen LogP contribution in [0.25, 0.3) is 0 Å². The first-order valence-corrected chi connectivity index (χ1v) is 6.73. The first kappa shape index (κ1) is 16.0. The number of benzene rings is 2. The molecule has 0 unspecified atom stereocenters. The van der Waals surface area contributed by atoms with Crippen molar-refractivity contribution in [2.75, 3.05) is 0 Å². The zero-order valence-corrected chi connectivity index (χ0v) is 12.0. The van der Waals surface area contributed by atoms with Crippen molar-refractivity contribution < 1.29 is 9.83 Å². The number of amides is 2. The van der Waals surface area contributed by atoms with Crippen molar-refractivity contribution >= 4 is 12.0 Å². The second kappa shape index (κ2) is 7.55. The Kier molecular flexibility index (Phi) is 5.24. The maximum absolute atomic E-state index is 12.0. The molecule has 23 heavy (non-hydrogen) atoms. The third kappa shape index (κ3) is 4.81. The molecule has 0 aromatic heterocycles. The molecule has 0 radical (unpaired) electrons. The van der Waals surface area contributed by atoms with E-state index in [4.69, 9.17) is 5.41 Å². The molecule has 8 heteroatoms. The summed E-state index contributed by atoms with van der Waals surface area (Å²) in [6, 6.07) is 17.4. The van der Waals surface area contributed by atoms with Crippen LogP contribution in [0.3, 0.4) is 0 Å². The second-order valence-corrected chi connectivity index (χ2v) is 4.60. The molecule has 0 atom stereocenters. The van der Waals surface area contributed by atoms with Gasteiger partial charge >= 0.3 is 6.03 Å². The standard InChI is InChI=1S/C15H15N5O3/c16-14(19-20(22)23)18-15(21)17-13(11-7-3-1-4-8-11)12-9-5-2-6-10-12/h1-10,13H,(H4,16,17,18,19,21). The lowest BCUT2D eigenvalue weighted by atomic mass is 9.99. The van der Waals surface area contributed by atoms with E-state index in [1.807, 2.05) is 60.7 Å². The van der Waals surface area contributed by atoms with E-state index in [0.717, 1.165) is 11.1 Å². The molecule has 0 heterocycles. The molecule has 0 fully saturated rings. The van der Waals surface area contributed by atoms with Crippen LogP contribution in [0.1, 0.15) is 17.2 Å². The van der Waals surface area contributed by atoms with Crippen LogP contribution in [-0.2, 0) is 0 Å². The maximum atomic E-state index is 12.0. The zero-order chi connectivity index (χ0) is 16.7. The topological polar surface area (TPSA) is 120 Å². The fourth-order valence-corrected chi connectivity index (χ4v) is 2.05. The second-order valence-electron chi connectivity index (χ2n) is 4.60. The number of carbonyl (C=O) groups excluding carboxylic acids is 1. The lowest BCUT2D eigenvalue weighted by molar-refractivity contribution is -0.525.